The number of hydrogen-bond donors (Lipinski definition) is 0. The van der Waals surface area contributed by atoms with Crippen LogP contribution in [0.5, 0.6) is 0 Å². The molecule has 0 unspecified atom stereocenters. The Balaban J connectivity index is 0.000000148. The summed E-state index contributed by atoms with van der Waals surface area (Å²) in [6, 6.07) is 27.6. The maximum atomic E-state index is 10.8. The Kier molecular flexibility index (Phi) is 6.63. The molecular weight excluding hydrogens is 444 g/mol. The summed E-state index contributed by atoms with van der Waals surface area (Å²) in [6.45, 7) is 3.76. The smallest absolute Gasteiger partial charge is 0.168 e. The molecule has 4 aromatic heterocycles. The average Bonchev–Trinajstić information content (AvgIpc) is 2.97. The fourth-order valence-electron chi connectivity index (χ4n) is 3.95. The Morgan fingerprint density at radius 3 is 1.50 bits per heavy atom. The first kappa shape index (κ1) is 22.7. The van der Waals surface area contributed by atoms with Gasteiger partial charge in [0.25, 0.3) is 0 Å². The van der Waals surface area contributed by atoms with Crippen molar-refractivity contribution in [3.05, 3.63) is 128 Å². The first-order chi connectivity index (χ1) is 17.8. The second kappa shape index (κ2) is 10.5. The van der Waals surface area contributed by atoms with Crippen molar-refractivity contribution < 1.29 is 4.79 Å². The maximum Gasteiger partial charge on any atom is 0.168 e. The monoisotopic (exact) mass is 466 g/mol. The van der Waals surface area contributed by atoms with Crippen LogP contribution in [-0.2, 0) is 0 Å². The van der Waals surface area contributed by atoms with Crippen molar-refractivity contribution in [1.29, 1.82) is 0 Å². The van der Waals surface area contributed by atoms with Crippen molar-refractivity contribution in [2.45, 2.75) is 0 Å². The van der Waals surface area contributed by atoms with E-state index in [1.807, 2.05) is 79.1 Å². The zero-order chi connectivity index (χ0) is 24.7. The number of pyridine rings is 4. The largest absolute Gasteiger partial charge is 0.296 e. The summed E-state index contributed by atoms with van der Waals surface area (Å²) in [7, 11) is 0. The Hall–Kier alpha value is -5.03. The molecule has 0 aliphatic carbocycles. The van der Waals surface area contributed by atoms with E-state index in [1.165, 1.54) is 0 Å². The minimum atomic E-state index is 0.436. The van der Waals surface area contributed by atoms with Gasteiger partial charge in [-0.2, -0.15) is 0 Å². The van der Waals surface area contributed by atoms with Gasteiger partial charge in [-0.3, -0.25) is 14.8 Å². The molecule has 0 fully saturated rings. The molecule has 0 saturated heterocycles. The zero-order valence-electron chi connectivity index (χ0n) is 19.5. The van der Waals surface area contributed by atoms with E-state index in [2.05, 4.69) is 38.6 Å². The van der Waals surface area contributed by atoms with E-state index >= 15 is 0 Å². The van der Waals surface area contributed by atoms with Gasteiger partial charge in [0.05, 0.1) is 16.7 Å². The molecule has 0 aliphatic heterocycles. The van der Waals surface area contributed by atoms with Gasteiger partial charge in [-0.25, -0.2) is 9.97 Å². The summed E-state index contributed by atoms with van der Waals surface area (Å²) < 4.78 is 0. The lowest BCUT2D eigenvalue weighted by Crippen LogP contribution is -1.91. The van der Waals surface area contributed by atoms with Gasteiger partial charge in [-0.05, 0) is 41.5 Å². The highest BCUT2D eigenvalue weighted by Crippen LogP contribution is 2.27. The second-order valence-electron chi connectivity index (χ2n) is 8.04. The van der Waals surface area contributed by atoms with Crippen LogP contribution < -0.4 is 0 Å². The minimum absolute atomic E-state index is 0.436. The van der Waals surface area contributed by atoms with Crippen LogP contribution in [0.25, 0.3) is 50.1 Å². The summed E-state index contributed by atoms with van der Waals surface area (Å²) in [5, 5.41) is 1.98. The molecule has 0 amide bonds. The van der Waals surface area contributed by atoms with E-state index in [1.54, 1.807) is 24.5 Å². The maximum absolute atomic E-state index is 10.8. The van der Waals surface area contributed by atoms with Crippen LogP contribution in [0.2, 0.25) is 0 Å². The summed E-state index contributed by atoms with van der Waals surface area (Å²) in [5.41, 5.74) is 7.26. The lowest BCUT2D eigenvalue weighted by molar-refractivity contribution is 0.111. The van der Waals surface area contributed by atoms with E-state index in [-0.39, 0.29) is 0 Å². The first-order valence-electron chi connectivity index (χ1n) is 11.4. The third-order valence-corrected chi connectivity index (χ3v) is 5.74. The van der Waals surface area contributed by atoms with Crippen molar-refractivity contribution in [3.63, 3.8) is 0 Å². The van der Waals surface area contributed by atoms with Crippen LogP contribution in [0.15, 0.2) is 116 Å². The van der Waals surface area contributed by atoms with E-state index in [0.717, 1.165) is 56.0 Å². The number of benzene rings is 2. The van der Waals surface area contributed by atoms with Gasteiger partial charge in [0.2, 0.25) is 0 Å². The number of rotatable bonds is 4. The van der Waals surface area contributed by atoms with Crippen molar-refractivity contribution in [2.24, 2.45) is 0 Å². The van der Waals surface area contributed by atoms with Crippen molar-refractivity contribution in [1.82, 2.24) is 19.9 Å². The van der Waals surface area contributed by atoms with Crippen LogP contribution in [0, 0.1) is 0 Å². The quantitative estimate of drug-likeness (QED) is 0.260. The fraction of sp³-hybridized carbons (Fsp3) is 0. The standard InChI is InChI=1S/C16H12N2.C15H10N2O/c1-2-14-9-8-13-10-17-11-15(16(13)18-14)12-6-4-3-5-7-12;18-10-13-7-6-12-8-16-9-14(15(12)17-13)11-4-2-1-3-5-11/h2-11H,1H2;1-10H. The molecule has 6 rings (SSSR count). The summed E-state index contributed by atoms with van der Waals surface area (Å²) in [4.78, 5) is 28.3. The summed E-state index contributed by atoms with van der Waals surface area (Å²) >= 11 is 0. The third-order valence-electron chi connectivity index (χ3n) is 5.74. The van der Waals surface area contributed by atoms with Gasteiger partial charge in [-0.15, -0.1) is 0 Å². The van der Waals surface area contributed by atoms with Crippen LogP contribution in [0.4, 0.5) is 0 Å². The normalized spacial score (nSPS) is 10.4. The van der Waals surface area contributed by atoms with Crippen molar-refractivity contribution >= 4 is 34.2 Å². The van der Waals surface area contributed by atoms with Crippen LogP contribution in [0.1, 0.15) is 16.2 Å². The van der Waals surface area contributed by atoms with Crippen LogP contribution in [0.3, 0.4) is 0 Å². The molecule has 5 nitrogen and oxygen atoms in total. The van der Waals surface area contributed by atoms with E-state index in [4.69, 9.17) is 0 Å². The molecule has 0 saturated carbocycles. The van der Waals surface area contributed by atoms with Crippen LogP contribution in [-0.4, -0.2) is 26.2 Å². The fourth-order valence-corrected chi connectivity index (χ4v) is 3.95. The molecule has 0 radical (unpaired) electrons. The highest BCUT2D eigenvalue weighted by atomic mass is 16.1. The molecule has 2 aromatic carbocycles. The number of carbonyl (C=O) groups excluding carboxylic acids is 1. The molecule has 5 heteroatoms. The molecule has 0 bridgehead atoms. The van der Waals surface area contributed by atoms with E-state index < -0.39 is 0 Å². The molecule has 4 heterocycles. The molecule has 0 aliphatic rings. The highest BCUT2D eigenvalue weighted by molar-refractivity contribution is 5.94. The average molecular weight is 467 g/mol. The Labute approximate surface area is 208 Å². The number of hydrogen-bond acceptors (Lipinski definition) is 5. The number of carbonyl (C=O) groups is 1. The van der Waals surface area contributed by atoms with E-state index in [0.29, 0.717) is 5.69 Å². The van der Waals surface area contributed by atoms with Gasteiger partial charge in [0.15, 0.2) is 6.29 Å². The summed E-state index contributed by atoms with van der Waals surface area (Å²) in [6.07, 6.45) is 9.74. The molecule has 6 aromatic rings. The predicted molar refractivity (Wildman–Crippen MR) is 145 cm³/mol. The molecule has 172 valence electrons. The van der Waals surface area contributed by atoms with Gasteiger partial charge >= 0.3 is 0 Å². The number of aldehydes is 1. The van der Waals surface area contributed by atoms with Gasteiger partial charge in [0, 0.05) is 46.7 Å². The molecule has 0 N–H and O–H groups in total. The topological polar surface area (TPSA) is 68.6 Å². The molecule has 0 spiro atoms. The minimum Gasteiger partial charge on any atom is -0.296 e. The number of nitrogens with zero attached hydrogens (tertiary/aromatic N) is 4. The molecular formula is C31H22N4O. The highest BCUT2D eigenvalue weighted by Gasteiger charge is 2.07. The predicted octanol–water partition coefficient (Wildman–Crippen LogP) is 7.05. The SMILES string of the molecule is C=Cc1ccc2cncc(-c3ccccc3)c2n1.O=Cc1ccc2cncc(-c3ccccc3)c2n1. The first-order valence-corrected chi connectivity index (χ1v) is 11.4. The van der Waals surface area contributed by atoms with E-state index in [9.17, 15) is 4.79 Å². The van der Waals surface area contributed by atoms with Gasteiger partial charge in [-0.1, -0.05) is 67.2 Å². The third kappa shape index (κ3) is 4.76. The lowest BCUT2D eigenvalue weighted by Gasteiger charge is -2.06. The number of aromatic nitrogens is 4. The van der Waals surface area contributed by atoms with Crippen LogP contribution >= 0.6 is 0 Å². The lowest BCUT2D eigenvalue weighted by atomic mass is 10.0. The van der Waals surface area contributed by atoms with Crippen molar-refractivity contribution in [3.8, 4) is 22.3 Å². The molecule has 36 heavy (non-hydrogen) atoms. The number of fused-ring (bicyclic) bond motifs is 2. The van der Waals surface area contributed by atoms with Gasteiger partial charge < -0.3 is 0 Å². The summed E-state index contributed by atoms with van der Waals surface area (Å²) in [5.74, 6) is 0. The van der Waals surface area contributed by atoms with Crippen molar-refractivity contribution in [2.75, 3.05) is 0 Å². The second-order valence-corrected chi connectivity index (χ2v) is 8.04. The van der Waals surface area contributed by atoms with Gasteiger partial charge in [0.1, 0.15) is 5.69 Å². The Morgan fingerprint density at radius 1 is 0.556 bits per heavy atom. The molecule has 0 atom stereocenters. The zero-order valence-corrected chi connectivity index (χ0v) is 19.5. The Bertz CT molecular complexity index is 1540. The Morgan fingerprint density at radius 2 is 1.03 bits per heavy atom.